The van der Waals surface area contributed by atoms with Crippen molar-refractivity contribution in [1.82, 2.24) is 4.90 Å². The van der Waals surface area contributed by atoms with Crippen LogP contribution in [-0.2, 0) is 9.53 Å². The second-order valence-electron chi connectivity index (χ2n) is 4.19. The molecule has 17 heavy (non-hydrogen) atoms. The van der Waals surface area contributed by atoms with E-state index in [0.29, 0.717) is 26.3 Å². The summed E-state index contributed by atoms with van der Waals surface area (Å²) < 4.78 is 5.21. The standard InChI is InChI=1S/C14H17NO2/c1-12-3-2-4-13(11-12)5-6-14(16)15-7-9-17-10-8-15/h2-6,11H,7-10H2,1H3/b6-5+. The van der Waals surface area contributed by atoms with E-state index in [1.54, 1.807) is 6.08 Å². The fraction of sp³-hybridized carbons (Fsp3) is 0.357. The Balaban J connectivity index is 1.97. The average Bonchev–Trinajstić information content (AvgIpc) is 2.37. The molecule has 3 heteroatoms. The number of morpholine rings is 1. The SMILES string of the molecule is Cc1cccc(/C=C/C(=O)N2CCOCC2)c1. The fourth-order valence-corrected chi connectivity index (χ4v) is 1.83. The van der Waals surface area contributed by atoms with Gasteiger partial charge in [0, 0.05) is 19.2 Å². The van der Waals surface area contributed by atoms with Crippen LogP contribution in [0.4, 0.5) is 0 Å². The first-order valence-electron chi connectivity index (χ1n) is 5.87. The predicted octanol–water partition coefficient (Wildman–Crippen LogP) is 1.87. The minimum atomic E-state index is 0.0646. The van der Waals surface area contributed by atoms with Crippen LogP contribution in [-0.4, -0.2) is 37.1 Å². The maximum atomic E-state index is 11.8. The molecule has 90 valence electrons. The number of benzene rings is 1. The molecule has 1 amide bonds. The molecule has 0 spiro atoms. The van der Waals surface area contributed by atoms with E-state index in [1.807, 2.05) is 36.1 Å². The number of hydrogen-bond acceptors (Lipinski definition) is 2. The van der Waals surface area contributed by atoms with Crippen LogP contribution in [0.25, 0.3) is 6.08 Å². The molecular weight excluding hydrogens is 214 g/mol. The molecule has 1 saturated heterocycles. The van der Waals surface area contributed by atoms with Crippen LogP contribution in [0.2, 0.25) is 0 Å². The number of amides is 1. The second-order valence-corrected chi connectivity index (χ2v) is 4.19. The number of carbonyl (C=O) groups is 1. The molecule has 2 rings (SSSR count). The molecular formula is C14H17NO2. The van der Waals surface area contributed by atoms with E-state index in [1.165, 1.54) is 5.56 Å². The van der Waals surface area contributed by atoms with Crippen LogP contribution < -0.4 is 0 Å². The summed E-state index contributed by atoms with van der Waals surface area (Å²) in [7, 11) is 0. The lowest BCUT2D eigenvalue weighted by molar-refractivity contribution is -0.129. The summed E-state index contributed by atoms with van der Waals surface area (Å²) >= 11 is 0. The molecule has 0 N–H and O–H groups in total. The molecule has 3 nitrogen and oxygen atoms in total. The van der Waals surface area contributed by atoms with Gasteiger partial charge in [-0.3, -0.25) is 4.79 Å². The number of ether oxygens (including phenoxy) is 1. The molecule has 0 aliphatic carbocycles. The topological polar surface area (TPSA) is 29.5 Å². The summed E-state index contributed by atoms with van der Waals surface area (Å²) in [6, 6.07) is 8.09. The van der Waals surface area contributed by atoms with Crippen molar-refractivity contribution >= 4 is 12.0 Å². The first kappa shape index (κ1) is 11.9. The first-order valence-corrected chi connectivity index (χ1v) is 5.87. The van der Waals surface area contributed by atoms with Gasteiger partial charge in [-0.15, -0.1) is 0 Å². The van der Waals surface area contributed by atoms with Gasteiger partial charge in [0.1, 0.15) is 0 Å². The minimum Gasteiger partial charge on any atom is -0.378 e. The van der Waals surface area contributed by atoms with E-state index in [-0.39, 0.29) is 5.91 Å². The van der Waals surface area contributed by atoms with Crippen LogP contribution in [0.15, 0.2) is 30.3 Å². The van der Waals surface area contributed by atoms with Gasteiger partial charge < -0.3 is 9.64 Å². The Morgan fingerprint density at radius 3 is 2.82 bits per heavy atom. The lowest BCUT2D eigenvalue weighted by Crippen LogP contribution is -2.39. The summed E-state index contributed by atoms with van der Waals surface area (Å²) in [5.41, 5.74) is 2.26. The highest BCUT2D eigenvalue weighted by Crippen LogP contribution is 2.07. The summed E-state index contributed by atoms with van der Waals surface area (Å²) in [5.74, 6) is 0.0646. The summed E-state index contributed by atoms with van der Waals surface area (Å²) in [5, 5.41) is 0. The molecule has 0 unspecified atom stereocenters. The van der Waals surface area contributed by atoms with Crippen molar-refractivity contribution in [3.05, 3.63) is 41.5 Å². The highest BCUT2D eigenvalue weighted by Gasteiger charge is 2.13. The van der Waals surface area contributed by atoms with Crippen molar-refractivity contribution in [2.45, 2.75) is 6.92 Å². The zero-order chi connectivity index (χ0) is 12.1. The van der Waals surface area contributed by atoms with Crippen LogP contribution in [0, 0.1) is 6.92 Å². The average molecular weight is 231 g/mol. The van der Waals surface area contributed by atoms with E-state index >= 15 is 0 Å². The quantitative estimate of drug-likeness (QED) is 0.727. The van der Waals surface area contributed by atoms with Crippen LogP contribution in [0.5, 0.6) is 0 Å². The number of rotatable bonds is 2. The number of nitrogens with zero attached hydrogens (tertiary/aromatic N) is 1. The van der Waals surface area contributed by atoms with Gasteiger partial charge in [0.25, 0.3) is 0 Å². The minimum absolute atomic E-state index is 0.0646. The van der Waals surface area contributed by atoms with Gasteiger partial charge in [-0.25, -0.2) is 0 Å². The van der Waals surface area contributed by atoms with Gasteiger partial charge in [-0.05, 0) is 18.6 Å². The van der Waals surface area contributed by atoms with Crippen molar-refractivity contribution in [2.24, 2.45) is 0 Å². The van der Waals surface area contributed by atoms with Crippen LogP contribution in [0.1, 0.15) is 11.1 Å². The molecule has 1 heterocycles. The highest BCUT2D eigenvalue weighted by molar-refractivity contribution is 5.91. The van der Waals surface area contributed by atoms with E-state index in [4.69, 9.17) is 4.74 Å². The Morgan fingerprint density at radius 1 is 1.35 bits per heavy atom. The lowest BCUT2D eigenvalue weighted by atomic mass is 10.1. The van der Waals surface area contributed by atoms with Gasteiger partial charge in [0.2, 0.25) is 5.91 Å². The molecule has 1 fully saturated rings. The largest absolute Gasteiger partial charge is 0.378 e. The van der Waals surface area contributed by atoms with Gasteiger partial charge in [0.05, 0.1) is 13.2 Å². The van der Waals surface area contributed by atoms with Gasteiger partial charge in [-0.1, -0.05) is 29.8 Å². The molecule has 1 aliphatic heterocycles. The van der Waals surface area contributed by atoms with Gasteiger partial charge in [0.15, 0.2) is 0 Å². The molecule has 1 aromatic rings. The Kier molecular flexibility index (Phi) is 3.94. The third kappa shape index (κ3) is 3.43. The maximum absolute atomic E-state index is 11.8. The summed E-state index contributed by atoms with van der Waals surface area (Å²) in [6.07, 6.45) is 3.50. The molecule has 1 aliphatic rings. The third-order valence-electron chi connectivity index (χ3n) is 2.78. The Hall–Kier alpha value is -1.61. The van der Waals surface area contributed by atoms with Crippen LogP contribution >= 0.6 is 0 Å². The Bertz CT molecular complexity index is 420. The van der Waals surface area contributed by atoms with Gasteiger partial charge in [-0.2, -0.15) is 0 Å². The van der Waals surface area contributed by atoms with Crippen molar-refractivity contribution in [2.75, 3.05) is 26.3 Å². The van der Waals surface area contributed by atoms with Gasteiger partial charge >= 0.3 is 0 Å². The van der Waals surface area contributed by atoms with E-state index in [2.05, 4.69) is 6.07 Å². The third-order valence-corrected chi connectivity index (χ3v) is 2.78. The van der Waals surface area contributed by atoms with Crippen molar-refractivity contribution in [3.8, 4) is 0 Å². The molecule has 0 aromatic heterocycles. The summed E-state index contributed by atoms with van der Waals surface area (Å²) in [6.45, 7) is 4.71. The number of carbonyl (C=O) groups excluding carboxylic acids is 1. The van der Waals surface area contributed by atoms with Crippen molar-refractivity contribution < 1.29 is 9.53 Å². The maximum Gasteiger partial charge on any atom is 0.246 e. The van der Waals surface area contributed by atoms with E-state index in [9.17, 15) is 4.79 Å². The zero-order valence-corrected chi connectivity index (χ0v) is 10.1. The highest BCUT2D eigenvalue weighted by atomic mass is 16.5. The molecule has 0 radical (unpaired) electrons. The second kappa shape index (κ2) is 5.64. The number of hydrogen-bond donors (Lipinski definition) is 0. The van der Waals surface area contributed by atoms with E-state index in [0.717, 1.165) is 5.56 Å². The molecule has 1 aromatic carbocycles. The Labute approximate surface area is 102 Å². The molecule has 0 atom stereocenters. The Morgan fingerprint density at radius 2 is 2.12 bits per heavy atom. The monoisotopic (exact) mass is 231 g/mol. The first-order chi connectivity index (χ1) is 8.25. The van der Waals surface area contributed by atoms with Crippen molar-refractivity contribution in [3.63, 3.8) is 0 Å². The predicted molar refractivity (Wildman–Crippen MR) is 67.6 cm³/mol. The molecule has 0 saturated carbocycles. The van der Waals surface area contributed by atoms with Crippen molar-refractivity contribution in [1.29, 1.82) is 0 Å². The lowest BCUT2D eigenvalue weighted by Gasteiger charge is -2.25. The van der Waals surface area contributed by atoms with E-state index < -0.39 is 0 Å². The summed E-state index contributed by atoms with van der Waals surface area (Å²) in [4.78, 5) is 13.7. The number of aryl methyl sites for hydroxylation is 1. The normalized spacial score (nSPS) is 16.4. The molecule has 0 bridgehead atoms. The van der Waals surface area contributed by atoms with Crippen LogP contribution in [0.3, 0.4) is 0 Å². The smallest absolute Gasteiger partial charge is 0.246 e. The zero-order valence-electron chi connectivity index (χ0n) is 10.1. The fourth-order valence-electron chi connectivity index (χ4n) is 1.83.